The van der Waals surface area contributed by atoms with E-state index in [2.05, 4.69) is 20.0 Å². The van der Waals surface area contributed by atoms with Crippen LogP contribution < -0.4 is 10.3 Å². The predicted molar refractivity (Wildman–Crippen MR) is 80.1 cm³/mol. The van der Waals surface area contributed by atoms with Crippen molar-refractivity contribution in [1.29, 1.82) is 0 Å². The maximum Gasteiger partial charge on any atom is 0.296 e. The fourth-order valence-electron chi connectivity index (χ4n) is 1.74. The molecular weight excluding hydrogens is 326 g/mol. The van der Waals surface area contributed by atoms with Gasteiger partial charge in [0.25, 0.3) is 5.56 Å². The van der Waals surface area contributed by atoms with E-state index in [0.717, 1.165) is 15.9 Å². The van der Waals surface area contributed by atoms with Crippen LogP contribution in [0.4, 0.5) is 0 Å². The number of aromatic nitrogens is 4. The van der Waals surface area contributed by atoms with Gasteiger partial charge < -0.3 is 0 Å². The molecule has 8 nitrogen and oxygen atoms in total. The molecule has 0 saturated heterocycles. The van der Waals surface area contributed by atoms with E-state index < -0.39 is 10.0 Å². The van der Waals surface area contributed by atoms with Gasteiger partial charge in [0.15, 0.2) is 0 Å². The van der Waals surface area contributed by atoms with E-state index in [1.807, 2.05) is 0 Å². The molecule has 0 aliphatic carbocycles. The molecule has 1 aromatic carbocycles. The van der Waals surface area contributed by atoms with Gasteiger partial charge in [0.2, 0.25) is 15.0 Å². The van der Waals surface area contributed by atoms with Gasteiger partial charge in [0.1, 0.15) is 10.7 Å². The molecule has 0 aliphatic rings. The minimum absolute atomic E-state index is 0.0241. The van der Waals surface area contributed by atoms with Crippen molar-refractivity contribution in [2.75, 3.05) is 0 Å². The average Bonchev–Trinajstić information content (AvgIpc) is 2.94. The second kappa shape index (κ2) is 5.55. The first kappa shape index (κ1) is 14.8. The quantitative estimate of drug-likeness (QED) is 0.735. The number of aryl methyl sites for hydroxylation is 1. The number of nitrogens with zero attached hydrogens (tertiary/aromatic N) is 4. The van der Waals surface area contributed by atoms with Crippen molar-refractivity contribution in [2.24, 2.45) is 0 Å². The van der Waals surface area contributed by atoms with Gasteiger partial charge in [-0.3, -0.25) is 4.79 Å². The van der Waals surface area contributed by atoms with Crippen LogP contribution in [-0.4, -0.2) is 28.2 Å². The highest BCUT2D eigenvalue weighted by atomic mass is 32.2. The molecule has 0 spiro atoms. The van der Waals surface area contributed by atoms with Gasteiger partial charge in [0, 0.05) is 0 Å². The van der Waals surface area contributed by atoms with Crippen molar-refractivity contribution >= 4 is 26.3 Å². The van der Waals surface area contributed by atoms with E-state index in [0.29, 0.717) is 9.97 Å². The molecule has 3 aromatic rings. The summed E-state index contributed by atoms with van der Waals surface area (Å²) < 4.78 is 27.8. The second-order valence-electron chi connectivity index (χ2n) is 4.42. The first-order valence-electron chi connectivity index (χ1n) is 6.24. The van der Waals surface area contributed by atoms with E-state index in [-0.39, 0.29) is 22.7 Å². The van der Waals surface area contributed by atoms with Crippen molar-refractivity contribution in [3.05, 3.63) is 51.4 Å². The van der Waals surface area contributed by atoms with Gasteiger partial charge in [-0.15, -0.1) is 10.2 Å². The molecule has 0 amide bonds. The number of fused-ring (bicyclic) bond motifs is 1. The van der Waals surface area contributed by atoms with Crippen LogP contribution in [0, 0.1) is 6.92 Å². The normalized spacial score (nSPS) is 11.9. The van der Waals surface area contributed by atoms with Crippen molar-refractivity contribution in [2.45, 2.75) is 18.4 Å². The lowest BCUT2D eigenvalue weighted by Gasteiger charge is -2.04. The lowest BCUT2D eigenvalue weighted by Crippen LogP contribution is -2.24. The SMILES string of the molecule is Cc1nnc2sc(CNS(=O)(=O)c3ccccc3)nn2c1=O. The Kier molecular flexibility index (Phi) is 3.72. The Morgan fingerprint density at radius 1 is 1.23 bits per heavy atom. The summed E-state index contributed by atoms with van der Waals surface area (Å²) in [6, 6.07) is 8.02. The molecule has 22 heavy (non-hydrogen) atoms. The molecule has 3 rings (SSSR count). The highest BCUT2D eigenvalue weighted by Crippen LogP contribution is 2.12. The van der Waals surface area contributed by atoms with E-state index in [9.17, 15) is 13.2 Å². The molecule has 0 bridgehead atoms. The summed E-state index contributed by atoms with van der Waals surface area (Å²) in [7, 11) is -3.62. The van der Waals surface area contributed by atoms with Crippen LogP contribution >= 0.6 is 11.3 Å². The van der Waals surface area contributed by atoms with Crippen LogP contribution in [0.5, 0.6) is 0 Å². The van der Waals surface area contributed by atoms with Gasteiger partial charge in [-0.2, -0.15) is 9.61 Å². The standard InChI is InChI=1S/C12H11N5O3S2/c1-8-11(18)17-12(15-14-8)21-10(16-17)7-13-22(19,20)9-5-3-2-4-6-9/h2-6,13H,7H2,1H3. The van der Waals surface area contributed by atoms with Crippen LogP contribution in [0.2, 0.25) is 0 Å². The Morgan fingerprint density at radius 3 is 2.68 bits per heavy atom. The Morgan fingerprint density at radius 2 is 1.95 bits per heavy atom. The zero-order chi connectivity index (χ0) is 15.7. The van der Waals surface area contributed by atoms with Crippen molar-refractivity contribution in [1.82, 2.24) is 24.5 Å². The summed E-state index contributed by atoms with van der Waals surface area (Å²) in [6.45, 7) is 1.52. The molecule has 0 unspecified atom stereocenters. The molecule has 0 atom stereocenters. The van der Waals surface area contributed by atoms with Gasteiger partial charge in [-0.05, 0) is 19.1 Å². The number of hydrogen-bond donors (Lipinski definition) is 1. The average molecular weight is 337 g/mol. The van der Waals surface area contributed by atoms with E-state index in [1.54, 1.807) is 25.1 Å². The number of hydrogen-bond acceptors (Lipinski definition) is 7. The third-order valence-corrected chi connectivity index (χ3v) is 5.17. The fourth-order valence-corrected chi connectivity index (χ4v) is 3.61. The molecule has 2 aromatic heterocycles. The van der Waals surface area contributed by atoms with Crippen molar-refractivity contribution < 1.29 is 8.42 Å². The van der Waals surface area contributed by atoms with Gasteiger partial charge in [-0.1, -0.05) is 29.5 Å². The maximum atomic E-state index is 12.1. The highest BCUT2D eigenvalue weighted by Gasteiger charge is 2.15. The number of rotatable bonds is 4. The van der Waals surface area contributed by atoms with E-state index >= 15 is 0 Å². The van der Waals surface area contributed by atoms with Gasteiger partial charge in [0.05, 0.1) is 11.4 Å². The first-order valence-corrected chi connectivity index (χ1v) is 8.54. The lowest BCUT2D eigenvalue weighted by atomic mass is 10.4. The molecule has 114 valence electrons. The zero-order valence-corrected chi connectivity index (χ0v) is 13.1. The largest absolute Gasteiger partial charge is 0.296 e. The molecule has 1 N–H and O–H groups in total. The third kappa shape index (κ3) is 2.75. The molecule has 0 radical (unpaired) electrons. The first-order chi connectivity index (χ1) is 10.5. The summed E-state index contributed by atoms with van der Waals surface area (Å²) >= 11 is 1.11. The molecule has 10 heteroatoms. The molecular formula is C12H11N5O3S2. The lowest BCUT2D eigenvalue weighted by molar-refractivity contribution is 0.580. The zero-order valence-electron chi connectivity index (χ0n) is 11.4. The summed E-state index contributed by atoms with van der Waals surface area (Å²) in [5, 5.41) is 12.1. The number of benzene rings is 1. The molecule has 0 fully saturated rings. The Bertz CT molecular complexity index is 979. The van der Waals surface area contributed by atoms with Gasteiger partial charge >= 0.3 is 0 Å². The van der Waals surface area contributed by atoms with Crippen molar-refractivity contribution in [3.63, 3.8) is 0 Å². The number of sulfonamides is 1. The van der Waals surface area contributed by atoms with Crippen LogP contribution in [0.3, 0.4) is 0 Å². The Hall–Kier alpha value is -2.17. The van der Waals surface area contributed by atoms with Crippen LogP contribution in [0.15, 0.2) is 40.0 Å². The van der Waals surface area contributed by atoms with E-state index in [4.69, 9.17) is 0 Å². The van der Waals surface area contributed by atoms with Crippen LogP contribution in [0.1, 0.15) is 10.7 Å². The summed E-state index contributed by atoms with van der Waals surface area (Å²) in [6.07, 6.45) is 0. The predicted octanol–water partition coefficient (Wildman–Crippen LogP) is 0.333. The third-order valence-electron chi connectivity index (χ3n) is 2.86. The fraction of sp³-hybridized carbons (Fsp3) is 0.167. The molecule has 2 heterocycles. The second-order valence-corrected chi connectivity index (χ2v) is 7.23. The van der Waals surface area contributed by atoms with Crippen molar-refractivity contribution in [3.8, 4) is 0 Å². The number of nitrogens with one attached hydrogen (secondary N) is 1. The smallest absolute Gasteiger partial charge is 0.265 e. The van der Waals surface area contributed by atoms with Crippen LogP contribution in [0.25, 0.3) is 4.96 Å². The summed E-state index contributed by atoms with van der Waals surface area (Å²) in [5.74, 6) is 0. The van der Waals surface area contributed by atoms with Gasteiger partial charge in [-0.25, -0.2) is 13.1 Å². The molecule has 0 aliphatic heterocycles. The topological polar surface area (TPSA) is 106 Å². The van der Waals surface area contributed by atoms with Crippen LogP contribution in [-0.2, 0) is 16.6 Å². The summed E-state index contributed by atoms with van der Waals surface area (Å²) in [4.78, 5) is 12.3. The Labute approximate surface area is 129 Å². The highest BCUT2D eigenvalue weighted by molar-refractivity contribution is 7.89. The minimum atomic E-state index is -3.62. The summed E-state index contributed by atoms with van der Waals surface area (Å²) in [5.41, 5.74) is -0.127. The Balaban J connectivity index is 1.86. The minimum Gasteiger partial charge on any atom is -0.265 e. The van der Waals surface area contributed by atoms with E-state index in [1.165, 1.54) is 12.1 Å². The maximum absolute atomic E-state index is 12.1. The monoisotopic (exact) mass is 337 g/mol. The molecule has 0 saturated carbocycles.